The summed E-state index contributed by atoms with van der Waals surface area (Å²) < 4.78 is 0. The minimum absolute atomic E-state index is 0.159. The molecule has 1 rings (SSSR count). The standard InChI is InChI=1S/C15H33N3/c1-14(2,12-17-15(3,4)8-9-16)13-7-6-10-18(5)11-13/h13,17H,6-12,16H2,1-5H3. The van der Waals surface area contributed by atoms with Gasteiger partial charge in [0.05, 0.1) is 0 Å². The Morgan fingerprint density at radius 3 is 2.50 bits per heavy atom. The molecule has 1 fully saturated rings. The van der Waals surface area contributed by atoms with E-state index in [2.05, 4.69) is 45.0 Å². The largest absolute Gasteiger partial charge is 0.330 e. The second kappa shape index (κ2) is 6.36. The molecule has 108 valence electrons. The Hall–Kier alpha value is -0.120. The summed E-state index contributed by atoms with van der Waals surface area (Å²) in [7, 11) is 2.24. The van der Waals surface area contributed by atoms with E-state index < -0.39 is 0 Å². The van der Waals surface area contributed by atoms with Crippen LogP contribution in [0.4, 0.5) is 0 Å². The Labute approximate surface area is 113 Å². The van der Waals surface area contributed by atoms with E-state index in [-0.39, 0.29) is 5.54 Å². The SMILES string of the molecule is CN1CCCC(C(C)(C)CNC(C)(C)CCN)C1. The van der Waals surface area contributed by atoms with Crippen molar-refractivity contribution >= 4 is 0 Å². The number of hydrogen-bond acceptors (Lipinski definition) is 3. The molecule has 3 heteroatoms. The topological polar surface area (TPSA) is 41.3 Å². The highest BCUT2D eigenvalue weighted by Gasteiger charge is 2.33. The summed E-state index contributed by atoms with van der Waals surface area (Å²) in [5, 5.41) is 3.71. The van der Waals surface area contributed by atoms with Crippen molar-refractivity contribution in [3.8, 4) is 0 Å². The molecule has 0 aliphatic carbocycles. The first kappa shape index (κ1) is 15.9. The van der Waals surface area contributed by atoms with Crippen molar-refractivity contribution in [3.05, 3.63) is 0 Å². The Bertz CT molecular complexity index is 248. The Balaban J connectivity index is 2.48. The molecule has 0 bridgehead atoms. The van der Waals surface area contributed by atoms with E-state index >= 15 is 0 Å². The van der Waals surface area contributed by atoms with Crippen LogP contribution in [-0.4, -0.2) is 43.7 Å². The van der Waals surface area contributed by atoms with Gasteiger partial charge in [0.2, 0.25) is 0 Å². The number of hydrogen-bond donors (Lipinski definition) is 2. The van der Waals surface area contributed by atoms with Crippen molar-refractivity contribution in [3.63, 3.8) is 0 Å². The van der Waals surface area contributed by atoms with Crippen LogP contribution in [-0.2, 0) is 0 Å². The third-order valence-corrected chi connectivity index (χ3v) is 4.52. The van der Waals surface area contributed by atoms with Gasteiger partial charge in [0.25, 0.3) is 0 Å². The minimum Gasteiger partial charge on any atom is -0.330 e. The summed E-state index contributed by atoms with van der Waals surface area (Å²) in [4.78, 5) is 2.47. The van der Waals surface area contributed by atoms with Crippen molar-refractivity contribution in [2.24, 2.45) is 17.1 Å². The third kappa shape index (κ3) is 4.87. The molecule has 0 aromatic carbocycles. The van der Waals surface area contributed by atoms with E-state index in [4.69, 9.17) is 5.73 Å². The molecule has 0 radical (unpaired) electrons. The zero-order chi connectivity index (χ0) is 13.8. The summed E-state index contributed by atoms with van der Waals surface area (Å²) in [6.07, 6.45) is 3.75. The molecule has 1 aliphatic rings. The first-order valence-electron chi connectivity index (χ1n) is 7.40. The second-order valence-electron chi connectivity index (χ2n) is 7.37. The summed E-state index contributed by atoms with van der Waals surface area (Å²) in [6, 6.07) is 0. The van der Waals surface area contributed by atoms with E-state index in [1.807, 2.05) is 0 Å². The predicted octanol–water partition coefficient (Wildman–Crippen LogP) is 2.07. The summed E-state index contributed by atoms with van der Waals surface area (Å²) in [6.45, 7) is 13.7. The highest BCUT2D eigenvalue weighted by Crippen LogP contribution is 2.33. The van der Waals surface area contributed by atoms with Gasteiger partial charge in [-0.3, -0.25) is 0 Å². The lowest BCUT2D eigenvalue weighted by Gasteiger charge is -2.42. The first-order valence-corrected chi connectivity index (χ1v) is 7.40. The van der Waals surface area contributed by atoms with E-state index in [0.29, 0.717) is 5.41 Å². The van der Waals surface area contributed by atoms with Crippen LogP contribution < -0.4 is 11.1 Å². The monoisotopic (exact) mass is 255 g/mol. The van der Waals surface area contributed by atoms with Gasteiger partial charge in [0.15, 0.2) is 0 Å². The van der Waals surface area contributed by atoms with Crippen molar-refractivity contribution in [1.82, 2.24) is 10.2 Å². The molecule has 1 heterocycles. The van der Waals surface area contributed by atoms with E-state index in [1.165, 1.54) is 25.9 Å². The normalized spacial score (nSPS) is 23.3. The van der Waals surface area contributed by atoms with Crippen LogP contribution in [0.15, 0.2) is 0 Å². The maximum absolute atomic E-state index is 5.67. The number of piperidine rings is 1. The van der Waals surface area contributed by atoms with Crippen molar-refractivity contribution in [2.75, 3.05) is 33.2 Å². The molecular formula is C15H33N3. The number of nitrogens with two attached hydrogens (primary N) is 1. The lowest BCUT2D eigenvalue weighted by Crippen LogP contribution is -2.49. The number of likely N-dealkylation sites (tertiary alicyclic amines) is 1. The van der Waals surface area contributed by atoms with Gasteiger partial charge in [-0.1, -0.05) is 13.8 Å². The maximum Gasteiger partial charge on any atom is 0.0137 e. The van der Waals surface area contributed by atoms with E-state index in [1.54, 1.807) is 0 Å². The highest BCUT2D eigenvalue weighted by molar-refractivity contribution is 4.88. The Morgan fingerprint density at radius 1 is 1.28 bits per heavy atom. The molecule has 18 heavy (non-hydrogen) atoms. The summed E-state index contributed by atoms with van der Waals surface area (Å²) in [5.74, 6) is 0.803. The van der Waals surface area contributed by atoms with Crippen molar-refractivity contribution < 1.29 is 0 Å². The molecule has 1 saturated heterocycles. The molecule has 0 aromatic rings. The number of nitrogens with one attached hydrogen (secondary N) is 1. The van der Waals surface area contributed by atoms with Crippen LogP contribution >= 0.6 is 0 Å². The van der Waals surface area contributed by atoms with Crippen LogP contribution in [0.2, 0.25) is 0 Å². The van der Waals surface area contributed by atoms with E-state index in [9.17, 15) is 0 Å². The van der Waals surface area contributed by atoms with Gasteiger partial charge in [-0.05, 0) is 64.6 Å². The lowest BCUT2D eigenvalue weighted by atomic mass is 9.74. The summed E-state index contributed by atoms with van der Waals surface area (Å²) in [5.41, 5.74) is 6.19. The molecule has 0 saturated carbocycles. The predicted molar refractivity (Wildman–Crippen MR) is 79.8 cm³/mol. The quantitative estimate of drug-likeness (QED) is 0.763. The molecule has 0 spiro atoms. The zero-order valence-corrected chi connectivity index (χ0v) is 13.1. The minimum atomic E-state index is 0.159. The fraction of sp³-hybridized carbons (Fsp3) is 1.00. The average molecular weight is 255 g/mol. The van der Waals surface area contributed by atoms with Crippen LogP contribution in [0.3, 0.4) is 0 Å². The van der Waals surface area contributed by atoms with Crippen molar-refractivity contribution in [2.45, 2.75) is 52.5 Å². The average Bonchev–Trinajstić information content (AvgIpc) is 2.27. The number of nitrogens with zero attached hydrogens (tertiary/aromatic N) is 1. The van der Waals surface area contributed by atoms with Crippen molar-refractivity contribution in [1.29, 1.82) is 0 Å². The van der Waals surface area contributed by atoms with Gasteiger partial charge in [-0.2, -0.15) is 0 Å². The van der Waals surface area contributed by atoms with Gasteiger partial charge in [-0.15, -0.1) is 0 Å². The molecule has 3 nitrogen and oxygen atoms in total. The van der Waals surface area contributed by atoms with Crippen LogP contribution in [0.1, 0.15) is 47.0 Å². The Morgan fingerprint density at radius 2 is 1.94 bits per heavy atom. The number of rotatable bonds is 6. The molecule has 3 N–H and O–H groups in total. The second-order valence-corrected chi connectivity index (χ2v) is 7.37. The zero-order valence-electron chi connectivity index (χ0n) is 13.1. The first-order chi connectivity index (χ1) is 8.27. The summed E-state index contributed by atoms with van der Waals surface area (Å²) >= 11 is 0. The fourth-order valence-corrected chi connectivity index (χ4v) is 2.86. The van der Waals surface area contributed by atoms with Crippen LogP contribution in [0.25, 0.3) is 0 Å². The smallest absolute Gasteiger partial charge is 0.0137 e. The van der Waals surface area contributed by atoms with Crippen LogP contribution in [0, 0.1) is 11.3 Å². The molecular weight excluding hydrogens is 222 g/mol. The van der Waals surface area contributed by atoms with Gasteiger partial charge in [0.1, 0.15) is 0 Å². The maximum atomic E-state index is 5.67. The molecule has 1 unspecified atom stereocenters. The van der Waals surface area contributed by atoms with Gasteiger partial charge < -0.3 is 16.0 Å². The van der Waals surface area contributed by atoms with Gasteiger partial charge in [-0.25, -0.2) is 0 Å². The van der Waals surface area contributed by atoms with Gasteiger partial charge in [0, 0.05) is 18.6 Å². The third-order valence-electron chi connectivity index (χ3n) is 4.52. The fourth-order valence-electron chi connectivity index (χ4n) is 2.86. The lowest BCUT2D eigenvalue weighted by molar-refractivity contribution is 0.0953. The highest BCUT2D eigenvalue weighted by atomic mass is 15.1. The van der Waals surface area contributed by atoms with Gasteiger partial charge >= 0.3 is 0 Å². The molecule has 0 aromatic heterocycles. The molecule has 0 amide bonds. The molecule has 1 atom stereocenters. The Kier molecular flexibility index (Phi) is 5.63. The van der Waals surface area contributed by atoms with Crippen LogP contribution in [0.5, 0.6) is 0 Å². The van der Waals surface area contributed by atoms with E-state index in [0.717, 1.165) is 25.4 Å². The molecule has 1 aliphatic heterocycles.